The molecule has 2 unspecified atom stereocenters. The van der Waals surface area contributed by atoms with Crippen molar-refractivity contribution in [1.29, 1.82) is 0 Å². The van der Waals surface area contributed by atoms with E-state index in [4.69, 9.17) is 10.5 Å². The predicted molar refractivity (Wildman–Crippen MR) is 84.9 cm³/mol. The first-order valence-electron chi connectivity index (χ1n) is 7.94. The van der Waals surface area contributed by atoms with Gasteiger partial charge < -0.3 is 10.5 Å². The lowest BCUT2D eigenvalue weighted by atomic mass is 9.86. The normalized spacial score (nSPS) is 21.7. The molecule has 1 aliphatic rings. The summed E-state index contributed by atoms with van der Waals surface area (Å²) < 4.78 is 5.77. The van der Waals surface area contributed by atoms with Crippen LogP contribution in [-0.4, -0.2) is 12.7 Å². The Balaban J connectivity index is 1.87. The van der Waals surface area contributed by atoms with Gasteiger partial charge in [0.1, 0.15) is 0 Å². The second-order valence-electron chi connectivity index (χ2n) is 7.04. The molecule has 0 bridgehead atoms. The van der Waals surface area contributed by atoms with Crippen molar-refractivity contribution in [2.24, 2.45) is 5.73 Å². The van der Waals surface area contributed by atoms with E-state index in [0.717, 1.165) is 19.4 Å². The molecule has 2 rings (SSSR count). The van der Waals surface area contributed by atoms with Crippen LogP contribution in [0.25, 0.3) is 0 Å². The zero-order valence-corrected chi connectivity index (χ0v) is 13.2. The van der Waals surface area contributed by atoms with E-state index in [9.17, 15) is 0 Å². The van der Waals surface area contributed by atoms with Crippen LogP contribution in [0.4, 0.5) is 0 Å². The van der Waals surface area contributed by atoms with Gasteiger partial charge in [0.05, 0.1) is 6.10 Å². The maximum absolute atomic E-state index is 6.32. The summed E-state index contributed by atoms with van der Waals surface area (Å²) in [5.74, 6) is 0. The molecule has 2 nitrogen and oxygen atoms in total. The fraction of sp³-hybridized carbons (Fsp3) is 0.667. The minimum Gasteiger partial charge on any atom is -0.378 e. The van der Waals surface area contributed by atoms with E-state index in [1.54, 1.807) is 0 Å². The van der Waals surface area contributed by atoms with Crippen LogP contribution in [0.1, 0.15) is 70.0 Å². The summed E-state index contributed by atoms with van der Waals surface area (Å²) in [6.45, 7) is 7.65. The highest BCUT2D eigenvalue weighted by atomic mass is 16.5. The second kappa shape index (κ2) is 6.73. The molecule has 1 aliphatic heterocycles. The minimum atomic E-state index is 0.134. The lowest BCUT2D eigenvalue weighted by molar-refractivity contribution is 0.00912. The summed E-state index contributed by atoms with van der Waals surface area (Å²) in [5.41, 5.74) is 9.13. The van der Waals surface area contributed by atoms with Crippen molar-refractivity contribution in [1.82, 2.24) is 0 Å². The highest BCUT2D eigenvalue weighted by Crippen LogP contribution is 2.26. The average molecular weight is 275 g/mol. The molecule has 1 saturated heterocycles. The highest BCUT2D eigenvalue weighted by molar-refractivity contribution is 5.29. The fourth-order valence-electron chi connectivity index (χ4n) is 2.80. The molecule has 1 fully saturated rings. The molecule has 20 heavy (non-hydrogen) atoms. The van der Waals surface area contributed by atoms with Crippen LogP contribution < -0.4 is 5.73 Å². The Bertz CT molecular complexity index is 398. The number of nitrogens with two attached hydrogens (primary N) is 1. The summed E-state index contributed by atoms with van der Waals surface area (Å²) >= 11 is 0. The molecule has 0 aliphatic carbocycles. The first-order valence-corrected chi connectivity index (χ1v) is 7.94. The van der Waals surface area contributed by atoms with Gasteiger partial charge in [0.15, 0.2) is 0 Å². The lowest BCUT2D eigenvalue weighted by Crippen LogP contribution is -2.21. The molecule has 1 aromatic rings. The average Bonchev–Trinajstić information content (AvgIpc) is 2.45. The third-order valence-corrected chi connectivity index (χ3v) is 4.28. The number of rotatable bonds is 4. The SMILES string of the molecule is CC(C)(C)c1ccc(C(N)CCC2CCCCO2)cc1. The summed E-state index contributed by atoms with van der Waals surface area (Å²) in [6.07, 6.45) is 6.26. The largest absolute Gasteiger partial charge is 0.378 e. The summed E-state index contributed by atoms with van der Waals surface area (Å²) in [6, 6.07) is 8.94. The molecule has 0 aromatic heterocycles. The predicted octanol–water partition coefficient (Wildman–Crippen LogP) is 4.33. The third-order valence-electron chi connectivity index (χ3n) is 4.28. The van der Waals surface area contributed by atoms with Crippen molar-refractivity contribution >= 4 is 0 Å². The molecule has 0 amide bonds. The first-order chi connectivity index (χ1) is 9.47. The van der Waals surface area contributed by atoms with Crippen LogP contribution in [0.2, 0.25) is 0 Å². The molecule has 0 spiro atoms. The van der Waals surface area contributed by atoms with E-state index in [-0.39, 0.29) is 11.5 Å². The molecule has 1 aromatic carbocycles. The highest BCUT2D eigenvalue weighted by Gasteiger charge is 2.17. The Morgan fingerprint density at radius 2 is 1.90 bits per heavy atom. The van der Waals surface area contributed by atoms with Crippen LogP contribution in [0.3, 0.4) is 0 Å². The third kappa shape index (κ3) is 4.32. The Kier molecular flexibility index (Phi) is 5.22. The van der Waals surface area contributed by atoms with Gasteiger partial charge in [0.2, 0.25) is 0 Å². The number of benzene rings is 1. The van der Waals surface area contributed by atoms with Crippen molar-refractivity contribution in [2.45, 2.75) is 70.4 Å². The Morgan fingerprint density at radius 1 is 1.20 bits per heavy atom. The van der Waals surface area contributed by atoms with Crippen molar-refractivity contribution in [2.75, 3.05) is 6.61 Å². The summed E-state index contributed by atoms with van der Waals surface area (Å²) in [7, 11) is 0. The van der Waals surface area contributed by atoms with Gasteiger partial charge in [-0.15, -0.1) is 0 Å². The van der Waals surface area contributed by atoms with Gasteiger partial charge in [-0.3, -0.25) is 0 Å². The lowest BCUT2D eigenvalue weighted by Gasteiger charge is -2.24. The molecule has 1 heterocycles. The molecular formula is C18H29NO. The Labute approximate surface area is 123 Å². The molecule has 2 heteroatoms. The molecular weight excluding hydrogens is 246 g/mol. The Hall–Kier alpha value is -0.860. The van der Waals surface area contributed by atoms with Crippen molar-refractivity contribution in [3.63, 3.8) is 0 Å². The van der Waals surface area contributed by atoms with Gasteiger partial charge in [-0.25, -0.2) is 0 Å². The molecule has 2 N–H and O–H groups in total. The topological polar surface area (TPSA) is 35.2 Å². The van der Waals surface area contributed by atoms with Crippen molar-refractivity contribution in [3.8, 4) is 0 Å². The Morgan fingerprint density at radius 3 is 2.45 bits per heavy atom. The van der Waals surface area contributed by atoms with Gasteiger partial charge in [0.25, 0.3) is 0 Å². The van der Waals surface area contributed by atoms with Crippen LogP contribution in [0.5, 0.6) is 0 Å². The molecule has 0 saturated carbocycles. The van der Waals surface area contributed by atoms with E-state index in [0.29, 0.717) is 6.10 Å². The van der Waals surface area contributed by atoms with Gasteiger partial charge in [-0.05, 0) is 48.6 Å². The number of hydrogen-bond acceptors (Lipinski definition) is 2. The summed E-state index contributed by atoms with van der Waals surface area (Å²) in [5, 5.41) is 0. The van der Waals surface area contributed by atoms with Gasteiger partial charge in [-0.2, -0.15) is 0 Å². The van der Waals surface area contributed by atoms with Crippen LogP contribution in [0, 0.1) is 0 Å². The van der Waals surface area contributed by atoms with E-state index in [1.165, 1.54) is 30.4 Å². The van der Waals surface area contributed by atoms with E-state index >= 15 is 0 Å². The molecule has 0 radical (unpaired) electrons. The standard InChI is InChI=1S/C18H29NO/c1-18(2,3)15-9-7-14(8-10-15)17(19)12-11-16-6-4-5-13-20-16/h7-10,16-17H,4-6,11-13,19H2,1-3H3. The van der Waals surface area contributed by atoms with Crippen molar-refractivity contribution < 1.29 is 4.74 Å². The van der Waals surface area contributed by atoms with Gasteiger partial charge in [0, 0.05) is 12.6 Å². The smallest absolute Gasteiger partial charge is 0.0575 e. The van der Waals surface area contributed by atoms with E-state index < -0.39 is 0 Å². The minimum absolute atomic E-state index is 0.134. The van der Waals surface area contributed by atoms with Gasteiger partial charge in [-0.1, -0.05) is 45.0 Å². The van der Waals surface area contributed by atoms with Crippen molar-refractivity contribution in [3.05, 3.63) is 35.4 Å². The van der Waals surface area contributed by atoms with E-state index in [2.05, 4.69) is 45.0 Å². The molecule has 2 atom stereocenters. The maximum atomic E-state index is 6.32. The van der Waals surface area contributed by atoms with Crippen LogP contribution in [0.15, 0.2) is 24.3 Å². The number of hydrogen-bond donors (Lipinski definition) is 1. The van der Waals surface area contributed by atoms with Gasteiger partial charge >= 0.3 is 0 Å². The monoisotopic (exact) mass is 275 g/mol. The summed E-state index contributed by atoms with van der Waals surface area (Å²) in [4.78, 5) is 0. The maximum Gasteiger partial charge on any atom is 0.0575 e. The van der Waals surface area contributed by atoms with Crippen LogP contribution in [-0.2, 0) is 10.2 Å². The van der Waals surface area contributed by atoms with E-state index in [1.807, 2.05) is 0 Å². The zero-order chi connectivity index (χ0) is 14.6. The number of ether oxygens (including phenoxy) is 1. The van der Waals surface area contributed by atoms with Crippen LogP contribution >= 0.6 is 0 Å². The molecule has 112 valence electrons. The zero-order valence-electron chi connectivity index (χ0n) is 13.2. The second-order valence-corrected chi connectivity index (χ2v) is 7.04. The first kappa shape index (κ1) is 15.5. The fourth-order valence-corrected chi connectivity index (χ4v) is 2.80. The quantitative estimate of drug-likeness (QED) is 0.887.